The third-order valence-corrected chi connectivity index (χ3v) is 3.07. The van der Waals surface area contributed by atoms with Crippen LogP contribution in [0.3, 0.4) is 0 Å². The van der Waals surface area contributed by atoms with Gasteiger partial charge in [-0.25, -0.2) is 0 Å². The number of hydrogen-bond donors (Lipinski definition) is 2. The molecule has 0 aromatic heterocycles. The Kier molecular flexibility index (Phi) is 12.6. The van der Waals surface area contributed by atoms with Crippen molar-refractivity contribution < 1.29 is 4.79 Å². The molecule has 3 N–H and O–H groups in total. The van der Waals surface area contributed by atoms with Crippen LogP contribution in [0, 0.1) is 0 Å². The lowest BCUT2D eigenvalue weighted by atomic mass is 10.0. The molecule has 0 radical (unpaired) electrons. The van der Waals surface area contributed by atoms with E-state index in [1.807, 2.05) is 0 Å². The van der Waals surface area contributed by atoms with Gasteiger partial charge in [-0.05, 0) is 32.7 Å². The molecular formula is C11H25Cl2N3O. The van der Waals surface area contributed by atoms with Crippen molar-refractivity contribution >= 4 is 30.7 Å². The summed E-state index contributed by atoms with van der Waals surface area (Å²) in [6.07, 6.45) is 5.02. The molecule has 0 bridgehead atoms. The maximum atomic E-state index is 10.9. The number of halogens is 2. The summed E-state index contributed by atoms with van der Waals surface area (Å²) in [6, 6.07) is 0.712. The second-order valence-electron chi connectivity index (χ2n) is 4.29. The van der Waals surface area contributed by atoms with E-state index in [4.69, 9.17) is 5.73 Å². The van der Waals surface area contributed by atoms with Gasteiger partial charge in [0.25, 0.3) is 0 Å². The summed E-state index contributed by atoms with van der Waals surface area (Å²) in [7, 11) is 0. The molecular weight excluding hydrogens is 261 g/mol. The zero-order valence-electron chi connectivity index (χ0n) is 10.5. The molecule has 0 aromatic rings. The lowest BCUT2D eigenvalue weighted by molar-refractivity contribution is -0.119. The van der Waals surface area contributed by atoms with Crippen LogP contribution in [0.25, 0.3) is 0 Å². The van der Waals surface area contributed by atoms with Gasteiger partial charge in [0.05, 0.1) is 6.54 Å². The SMILES string of the molecule is CC1CCCCN1CCCNC(=O)CN.Cl.Cl. The van der Waals surface area contributed by atoms with Crippen LogP contribution in [0.4, 0.5) is 0 Å². The average Bonchev–Trinajstić information content (AvgIpc) is 2.26. The van der Waals surface area contributed by atoms with Gasteiger partial charge in [-0.3, -0.25) is 4.79 Å². The first-order valence-electron chi connectivity index (χ1n) is 5.95. The van der Waals surface area contributed by atoms with Crippen molar-refractivity contribution in [2.75, 3.05) is 26.2 Å². The van der Waals surface area contributed by atoms with Gasteiger partial charge >= 0.3 is 0 Å². The minimum Gasteiger partial charge on any atom is -0.355 e. The highest BCUT2D eigenvalue weighted by molar-refractivity contribution is 5.85. The smallest absolute Gasteiger partial charge is 0.233 e. The molecule has 4 nitrogen and oxygen atoms in total. The average molecular weight is 286 g/mol. The second kappa shape index (κ2) is 11.1. The Hall–Kier alpha value is -0.0300. The van der Waals surface area contributed by atoms with Gasteiger partial charge in [0.1, 0.15) is 0 Å². The van der Waals surface area contributed by atoms with E-state index in [9.17, 15) is 4.79 Å². The molecule has 0 aliphatic carbocycles. The fourth-order valence-corrected chi connectivity index (χ4v) is 2.07. The Morgan fingerprint density at radius 2 is 2.12 bits per heavy atom. The van der Waals surface area contributed by atoms with Crippen LogP contribution in [0.1, 0.15) is 32.6 Å². The largest absolute Gasteiger partial charge is 0.355 e. The normalized spacial score (nSPS) is 20.0. The number of carbonyl (C=O) groups is 1. The van der Waals surface area contributed by atoms with E-state index >= 15 is 0 Å². The number of carbonyl (C=O) groups excluding carboxylic acids is 1. The van der Waals surface area contributed by atoms with Gasteiger partial charge < -0.3 is 16.0 Å². The number of nitrogens with one attached hydrogen (secondary N) is 1. The monoisotopic (exact) mass is 285 g/mol. The number of piperidine rings is 1. The molecule has 1 unspecified atom stereocenters. The molecule has 0 spiro atoms. The predicted molar refractivity (Wildman–Crippen MR) is 76.1 cm³/mol. The van der Waals surface area contributed by atoms with E-state index in [0.717, 1.165) is 19.5 Å². The van der Waals surface area contributed by atoms with Gasteiger partial charge in [0.2, 0.25) is 5.91 Å². The number of nitrogens with two attached hydrogens (primary N) is 1. The van der Waals surface area contributed by atoms with Crippen molar-refractivity contribution in [1.82, 2.24) is 10.2 Å². The summed E-state index contributed by atoms with van der Waals surface area (Å²) in [4.78, 5) is 13.4. The van der Waals surface area contributed by atoms with E-state index in [1.165, 1.54) is 25.8 Å². The van der Waals surface area contributed by atoms with Crippen LogP contribution in [-0.2, 0) is 4.79 Å². The summed E-state index contributed by atoms with van der Waals surface area (Å²) < 4.78 is 0. The maximum absolute atomic E-state index is 10.9. The molecule has 1 amide bonds. The number of nitrogens with zero attached hydrogens (tertiary/aromatic N) is 1. The van der Waals surface area contributed by atoms with Crippen LogP contribution < -0.4 is 11.1 Å². The molecule has 1 saturated heterocycles. The molecule has 1 aliphatic rings. The summed E-state index contributed by atoms with van der Waals surface area (Å²) in [5, 5.41) is 2.80. The fraction of sp³-hybridized carbons (Fsp3) is 0.909. The standard InChI is InChI=1S/C11H23N3O.2ClH/c1-10-5-2-3-7-14(10)8-4-6-13-11(15)9-12;;/h10H,2-9,12H2,1H3,(H,13,15);2*1H. The number of amides is 1. The Morgan fingerprint density at radius 3 is 2.71 bits per heavy atom. The molecule has 0 aromatic carbocycles. The molecule has 1 rings (SSSR count). The van der Waals surface area contributed by atoms with E-state index in [1.54, 1.807) is 0 Å². The second-order valence-corrected chi connectivity index (χ2v) is 4.29. The van der Waals surface area contributed by atoms with Gasteiger partial charge in [-0.1, -0.05) is 6.42 Å². The molecule has 104 valence electrons. The van der Waals surface area contributed by atoms with Crippen LogP contribution in [0.15, 0.2) is 0 Å². The van der Waals surface area contributed by atoms with Crippen LogP contribution in [-0.4, -0.2) is 43.0 Å². The summed E-state index contributed by atoms with van der Waals surface area (Å²) in [5.74, 6) is -0.0540. The highest BCUT2D eigenvalue weighted by Crippen LogP contribution is 2.15. The minimum atomic E-state index is -0.0540. The van der Waals surface area contributed by atoms with Gasteiger partial charge in [0, 0.05) is 19.1 Å². The van der Waals surface area contributed by atoms with Crippen molar-refractivity contribution in [3.05, 3.63) is 0 Å². The fourth-order valence-electron chi connectivity index (χ4n) is 2.07. The molecule has 1 heterocycles. The van der Waals surface area contributed by atoms with Crippen LogP contribution >= 0.6 is 24.8 Å². The lowest BCUT2D eigenvalue weighted by Gasteiger charge is -2.33. The van der Waals surface area contributed by atoms with E-state index in [0.29, 0.717) is 6.04 Å². The molecule has 6 heteroatoms. The van der Waals surface area contributed by atoms with Crippen molar-refractivity contribution in [2.45, 2.75) is 38.6 Å². The molecule has 1 fully saturated rings. The highest BCUT2D eigenvalue weighted by atomic mass is 35.5. The molecule has 0 saturated carbocycles. The number of rotatable bonds is 5. The van der Waals surface area contributed by atoms with Crippen molar-refractivity contribution in [3.8, 4) is 0 Å². The molecule has 1 aliphatic heterocycles. The molecule has 17 heavy (non-hydrogen) atoms. The van der Waals surface area contributed by atoms with Gasteiger partial charge in [-0.15, -0.1) is 24.8 Å². The first-order valence-corrected chi connectivity index (χ1v) is 5.95. The number of hydrogen-bond acceptors (Lipinski definition) is 3. The first-order chi connectivity index (χ1) is 7.24. The quantitative estimate of drug-likeness (QED) is 0.746. The predicted octanol–water partition coefficient (Wildman–Crippen LogP) is 1.17. The van der Waals surface area contributed by atoms with Crippen molar-refractivity contribution in [1.29, 1.82) is 0 Å². The molecule has 1 atom stereocenters. The highest BCUT2D eigenvalue weighted by Gasteiger charge is 2.16. The van der Waals surface area contributed by atoms with E-state index < -0.39 is 0 Å². The van der Waals surface area contributed by atoms with Crippen molar-refractivity contribution in [3.63, 3.8) is 0 Å². The number of likely N-dealkylation sites (tertiary alicyclic amines) is 1. The minimum absolute atomic E-state index is 0. The Bertz CT molecular complexity index is 205. The van der Waals surface area contributed by atoms with E-state index in [2.05, 4.69) is 17.1 Å². The van der Waals surface area contributed by atoms with Crippen LogP contribution in [0.2, 0.25) is 0 Å². The Morgan fingerprint density at radius 1 is 1.41 bits per heavy atom. The summed E-state index contributed by atoms with van der Waals surface area (Å²) >= 11 is 0. The van der Waals surface area contributed by atoms with Crippen molar-refractivity contribution in [2.24, 2.45) is 5.73 Å². The lowest BCUT2D eigenvalue weighted by Crippen LogP contribution is -2.39. The maximum Gasteiger partial charge on any atom is 0.233 e. The summed E-state index contributed by atoms with van der Waals surface area (Å²) in [6.45, 7) is 5.44. The zero-order chi connectivity index (χ0) is 11.1. The zero-order valence-corrected chi connectivity index (χ0v) is 12.1. The Balaban J connectivity index is 0. The van der Waals surface area contributed by atoms with Gasteiger partial charge in [0.15, 0.2) is 0 Å². The van der Waals surface area contributed by atoms with E-state index in [-0.39, 0.29) is 37.3 Å². The third-order valence-electron chi connectivity index (χ3n) is 3.07. The van der Waals surface area contributed by atoms with Crippen LogP contribution in [0.5, 0.6) is 0 Å². The Labute approximate surface area is 117 Å². The topological polar surface area (TPSA) is 58.4 Å². The first kappa shape index (κ1) is 19.3. The third kappa shape index (κ3) is 7.82. The summed E-state index contributed by atoms with van der Waals surface area (Å²) in [5.41, 5.74) is 5.20. The van der Waals surface area contributed by atoms with Gasteiger partial charge in [-0.2, -0.15) is 0 Å².